The maximum Gasteiger partial charge on any atom is 0.328 e. The van der Waals surface area contributed by atoms with Gasteiger partial charge in [-0.2, -0.15) is 0 Å². The van der Waals surface area contributed by atoms with Gasteiger partial charge < -0.3 is 20.1 Å². The van der Waals surface area contributed by atoms with Gasteiger partial charge in [-0.25, -0.2) is 4.79 Å². The summed E-state index contributed by atoms with van der Waals surface area (Å²) < 4.78 is 11.2. The van der Waals surface area contributed by atoms with Crippen molar-refractivity contribution < 1.29 is 14.3 Å². The molecule has 0 radical (unpaired) electrons. The second kappa shape index (κ2) is 6.35. The number of anilines is 1. The highest BCUT2D eigenvalue weighted by atomic mass is 16.5. The predicted octanol–water partition coefficient (Wildman–Crippen LogP) is 2.07. The van der Waals surface area contributed by atoms with Gasteiger partial charge in [-0.05, 0) is 45.4 Å². The van der Waals surface area contributed by atoms with Gasteiger partial charge >= 0.3 is 5.97 Å². The highest BCUT2D eigenvalue weighted by Gasteiger charge is 2.31. The molecule has 1 aliphatic rings. The van der Waals surface area contributed by atoms with Crippen molar-refractivity contribution in [2.45, 2.75) is 52.5 Å². The van der Waals surface area contributed by atoms with Crippen molar-refractivity contribution in [3.05, 3.63) is 23.8 Å². The smallest absolute Gasteiger partial charge is 0.328 e. The molecule has 2 rings (SSSR count). The van der Waals surface area contributed by atoms with Crippen LogP contribution in [0.3, 0.4) is 0 Å². The first-order valence-corrected chi connectivity index (χ1v) is 7.39. The summed E-state index contributed by atoms with van der Waals surface area (Å²) in [5.41, 5.74) is 7.60. The van der Waals surface area contributed by atoms with Gasteiger partial charge in [0.25, 0.3) is 0 Å². The minimum absolute atomic E-state index is 0.0137. The van der Waals surface area contributed by atoms with Crippen molar-refractivity contribution in [3.63, 3.8) is 0 Å². The average Bonchev–Trinajstić information content (AvgIpc) is 2.44. The van der Waals surface area contributed by atoms with E-state index < -0.39 is 0 Å². The Hall–Kier alpha value is -1.75. The van der Waals surface area contributed by atoms with Gasteiger partial charge in [0.2, 0.25) is 0 Å². The predicted molar refractivity (Wildman–Crippen MR) is 82.5 cm³/mol. The molecule has 1 aromatic carbocycles. The summed E-state index contributed by atoms with van der Waals surface area (Å²) in [6.45, 7) is 8.69. The normalized spacial score (nSPS) is 19.0. The fraction of sp³-hybridized carbons (Fsp3) is 0.562. The Morgan fingerprint density at radius 2 is 2.19 bits per heavy atom. The lowest BCUT2D eigenvalue weighted by molar-refractivity contribution is -0.148. The molecule has 0 bridgehead atoms. The molecule has 0 spiro atoms. The van der Waals surface area contributed by atoms with Crippen LogP contribution in [0.4, 0.5) is 5.69 Å². The first kappa shape index (κ1) is 15.6. The van der Waals surface area contributed by atoms with E-state index in [1.807, 2.05) is 50.8 Å². The summed E-state index contributed by atoms with van der Waals surface area (Å²) in [4.78, 5) is 14.2. The van der Waals surface area contributed by atoms with Gasteiger partial charge in [-0.1, -0.05) is 6.07 Å². The standard InChI is InChI=1S/C16H24N2O3/c1-10(2)20-16(19)12(4)18-9-11(3)21-15-7-13(8-17)5-6-14(15)18/h5-7,10-12H,8-9,17H2,1-4H3. The first-order chi connectivity index (χ1) is 9.92. The fourth-order valence-corrected chi connectivity index (χ4v) is 2.47. The maximum atomic E-state index is 12.2. The second-order valence-electron chi connectivity index (χ2n) is 5.75. The summed E-state index contributed by atoms with van der Waals surface area (Å²) in [5.74, 6) is 0.564. The molecule has 2 atom stereocenters. The number of nitrogens with zero attached hydrogens (tertiary/aromatic N) is 1. The van der Waals surface area contributed by atoms with Crippen LogP contribution in [0.2, 0.25) is 0 Å². The molecule has 0 saturated carbocycles. The zero-order chi connectivity index (χ0) is 15.6. The molecule has 21 heavy (non-hydrogen) atoms. The molecule has 0 amide bonds. The van der Waals surface area contributed by atoms with Crippen LogP contribution in [-0.2, 0) is 16.1 Å². The zero-order valence-corrected chi connectivity index (χ0v) is 13.1. The quantitative estimate of drug-likeness (QED) is 0.861. The molecule has 5 nitrogen and oxygen atoms in total. The molecule has 2 N–H and O–H groups in total. The molecule has 0 aliphatic carbocycles. The summed E-state index contributed by atoms with van der Waals surface area (Å²) in [7, 11) is 0. The third kappa shape index (κ3) is 3.47. The van der Waals surface area contributed by atoms with Gasteiger partial charge in [0.1, 0.15) is 17.9 Å². The van der Waals surface area contributed by atoms with Crippen LogP contribution < -0.4 is 15.4 Å². The van der Waals surface area contributed by atoms with E-state index in [1.54, 1.807) is 0 Å². The zero-order valence-electron chi connectivity index (χ0n) is 13.1. The average molecular weight is 292 g/mol. The summed E-state index contributed by atoms with van der Waals surface area (Å²) in [6.07, 6.45) is -0.0997. The van der Waals surface area contributed by atoms with Crippen LogP contribution in [0, 0.1) is 0 Å². The van der Waals surface area contributed by atoms with E-state index in [-0.39, 0.29) is 24.2 Å². The highest BCUT2D eigenvalue weighted by Crippen LogP contribution is 2.35. The third-order valence-electron chi connectivity index (χ3n) is 3.51. The Morgan fingerprint density at radius 3 is 2.81 bits per heavy atom. The number of carbonyl (C=O) groups is 1. The van der Waals surface area contributed by atoms with Crippen LogP contribution in [0.25, 0.3) is 0 Å². The van der Waals surface area contributed by atoms with Crippen molar-refractivity contribution in [1.82, 2.24) is 0 Å². The van der Waals surface area contributed by atoms with Crippen LogP contribution in [0.5, 0.6) is 5.75 Å². The molecule has 0 fully saturated rings. The maximum absolute atomic E-state index is 12.2. The number of rotatable bonds is 4. The Kier molecular flexibility index (Phi) is 4.73. The van der Waals surface area contributed by atoms with Crippen molar-refractivity contribution in [2.24, 2.45) is 5.73 Å². The van der Waals surface area contributed by atoms with Gasteiger partial charge in [0.15, 0.2) is 0 Å². The van der Waals surface area contributed by atoms with Gasteiger partial charge in [-0.15, -0.1) is 0 Å². The number of ether oxygens (including phenoxy) is 2. The van der Waals surface area contributed by atoms with E-state index >= 15 is 0 Å². The summed E-state index contributed by atoms with van der Waals surface area (Å²) >= 11 is 0. The summed E-state index contributed by atoms with van der Waals surface area (Å²) in [6, 6.07) is 5.52. The largest absolute Gasteiger partial charge is 0.487 e. The van der Waals surface area contributed by atoms with Crippen LogP contribution >= 0.6 is 0 Å². The molecular weight excluding hydrogens is 268 g/mol. The lowest BCUT2D eigenvalue weighted by atomic mass is 10.1. The van der Waals surface area contributed by atoms with Gasteiger partial charge in [-0.3, -0.25) is 0 Å². The second-order valence-corrected chi connectivity index (χ2v) is 5.75. The van der Waals surface area contributed by atoms with Crippen LogP contribution in [0.15, 0.2) is 18.2 Å². The SMILES string of the molecule is CC(C)OC(=O)C(C)N1CC(C)Oc2cc(CN)ccc21. The molecule has 1 aliphatic heterocycles. The lowest BCUT2D eigenvalue weighted by Gasteiger charge is -2.38. The Morgan fingerprint density at radius 1 is 1.48 bits per heavy atom. The number of carbonyl (C=O) groups excluding carboxylic acids is 1. The molecule has 116 valence electrons. The number of nitrogens with two attached hydrogens (primary N) is 1. The van der Waals surface area contributed by atoms with E-state index in [0.29, 0.717) is 13.1 Å². The van der Waals surface area contributed by atoms with E-state index in [1.165, 1.54) is 0 Å². The topological polar surface area (TPSA) is 64.8 Å². The number of hydrogen-bond donors (Lipinski definition) is 1. The third-order valence-corrected chi connectivity index (χ3v) is 3.51. The number of esters is 1. The number of fused-ring (bicyclic) bond motifs is 1. The van der Waals surface area contributed by atoms with E-state index in [0.717, 1.165) is 17.0 Å². The van der Waals surface area contributed by atoms with Crippen LogP contribution in [0.1, 0.15) is 33.3 Å². The lowest BCUT2D eigenvalue weighted by Crippen LogP contribution is -2.47. The van der Waals surface area contributed by atoms with Gasteiger partial charge in [0.05, 0.1) is 18.3 Å². The van der Waals surface area contributed by atoms with Gasteiger partial charge in [0, 0.05) is 6.54 Å². The molecule has 1 heterocycles. The molecule has 2 unspecified atom stereocenters. The molecular formula is C16H24N2O3. The monoisotopic (exact) mass is 292 g/mol. The molecule has 5 heteroatoms. The Bertz CT molecular complexity index is 516. The van der Waals surface area contributed by atoms with Crippen molar-refractivity contribution in [3.8, 4) is 5.75 Å². The highest BCUT2D eigenvalue weighted by molar-refractivity contribution is 5.81. The molecule has 1 aromatic rings. The Balaban J connectivity index is 2.27. The number of benzene rings is 1. The molecule has 0 saturated heterocycles. The fourth-order valence-electron chi connectivity index (χ4n) is 2.47. The van der Waals surface area contributed by atoms with Crippen molar-refractivity contribution in [1.29, 1.82) is 0 Å². The molecule has 0 aromatic heterocycles. The van der Waals surface area contributed by atoms with E-state index in [2.05, 4.69) is 0 Å². The van der Waals surface area contributed by atoms with Crippen LogP contribution in [-0.4, -0.2) is 30.8 Å². The van der Waals surface area contributed by atoms with E-state index in [9.17, 15) is 4.79 Å². The van der Waals surface area contributed by atoms with Crippen molar-refractivity contribution in [2.75, 3.05) is 11.4 Å². The minimum atomic E-state index is -0.346. The van der Waals surface area contributed by atoms with Crippen molar-refractivity contribution >= 4 is 11.7 Å². The Labute approximate surface area is 126 Å². The summed E-state index contributed by atoms with van der Waals surface area (Å²) in [5, 5.41) is 0. The minimum Gasteiger partial charge on any atom is -0.487 e. The van der Waals surface area contributed by atoms with E-state index in [4.69, 9.17) is 15.2 Å². The first-order valence-electron chi connectivity index (χ1n) is 7.39. The number of hydrogen-bond acceptors (Lipinski definition) is 5.